The minimum atomic E-state index is -3.20. The minimum Gasteiger partial charge on any atom is -0.238 e. The summed E-state index contributed by atoms with van der Waals surface area (Å²) in [7, 11) is -6.39. The average Bonchev–Trinajstić information content (AvgIpc) is 3.73. The van der Waals surface area contributed by atoms with Crippen molar-refractivity contribution in [1.82, 2.24) is 0 Å². The molecule has 0 saturated heterocycles. The fourth-order valence-electron chi connectivity index (χ4n) is 9.39. The van der Waals surface area contributed by atoms with E-state index in [1.54, 1.807) is 0 Å². The molecule has 9 rings (SSSR count). The van der Waals surface area contributed by atoms with Crippen molar-refractivity contribution in [2.75, 3.05) is 0 Å². The molecule has 63 heavy (non-hydrogen) atoms. The smallest absolute Gasteiger partial charge is 0.187 e. The van der Waals surface area contributed by atoms with E-state index in [0.29, 0.717) is 33.6 Å². The maximum atomic E-state index is 9.83. The van der Waals surface area contributed by atoms with Crippen LogP contribution in [0, 0.1) is 58.5 Å². The van der Waals surface area contributed by atoms with Gasteiger partial charge >= 0.3 is 0 Å². The fourth-order valence-corrected chi connectivity index (χ4v) is 18.8. The molecule has 0 N–H and O–H groups in total. The van der Waals surface area contributed by atoms with Crippen molar-refractivity contribution in [3.8, 4) is 35.4 Å². The van der Waals surface area contributed by atoms with Gasteiger partial charge in [-0.1, -0.05) is 133 Å². The van der Waals surface area contributed by atoms with Crippen molar-refractivity contribution in [3.05, 3.63) is 238 Å². The Kier molecular flexibility index (Phi) is 10.2. The summed E-state index contributed by atoms with van der Waals surface area (Å²) in [6.45, 7) is 15.5. The Bertz CT molecular complexity index is 2830. The first-order chi connectivity index (χ1) is 30.9. The molecular weight excluding hydrogens is 801 g/mol. The Morgan fingerprint density at radius 1 is 0.333 bits per heavy atom. The van der Waals surface area contributed by atoms with Crippen LogP contribution in [0.5, 0.6) is 0 Å². The van der Waals surface area contributed by atoms with E-state index in [1.165, 1.54) is 11.1 Å². The second-order valence-corrected chi connectivity index (χ2v) is 23.1. The SMILES string of the molecule is [C-]#[N+]c1ccc([Si](c2ccc(C#N)cc2)(c2ccc([N+]#[C-])cc2)c2ccc3c(c2)-c2cc([Si](c4ccc(C#N)cc4)(c4ccc(C#N)cc4)c4ccc(C#N)cc4)ccc2C3)cc1. The zero-order chi connectivity index (χ0) is 43.6. The summed E-state index contributed by atoms with van der Waals surface area (Å²) < 4.78 is 0. The van der Waals surface area contributed by atoms with Gasteiger partial charge in [0, 0.05) is 0 Å². The molecule has 8 aromatic carbocycles. The number of rotatable bonds is 8. The van der Waals surface area contributed by atoms with E-state index in [-0.39, 0.29) is 0 Å². The van der Waals surface area contributed by atoms with Crippen LogP contribution in [-0.4, -0.2) is 16.1 Å². The highest BCUT2D eigenvalue weighted by atomic mass is 28.3. The molecule has 0 aromatic heterocycles. The van der Waals surface area contributed by atoms with Crippen molar-refractivity contribution in [2.24, 2.45) is 0 Å². The quantitative estimate of drug-likeness (QED) is 0.0979. The molecule has 0 atom stereocenters. The highest BCUT2D eigenvalue weighted by Gasteiger charge is 2.44. The van der Waals surface area contributed by atoms with Crippen LogP contribution in [-0.2, 0) is 6.42 Å². The summed E-state index contributed by atoms with van der Waals surface area (Å²) in [4.78, 5) is 7.41. The molecule has 290 valence electrons. The lowest BCUT2D eigenvalue weighted by atomic mass is 10.1. The van der Waals surface area contributed by atoms with Crippen molar-refractivity contribution in [2.45, 2.75) is 6.42 Å². The highest BCUT2D eigenvalue weighted by molar-refractivity contribution is 7.20. The minimum absolute atomic E-state index is 0.541. The first-order valence-electron chi connectivity index (χ1n) is 20.2. The molecule has 1 aliphatic rings. The van der Waals surface area contributed by atoms with Gasteiger partial charge in [-0.15, -0.1) is 0 Å². The first kappa shape index (κ1) is 39.6. The van der Waals surface area contributed by atoms with Crippen LogP contribution in [0.25, 0.3) is 20.8 Å². The summed E-state index contributed by atoms with van der Waals surface area (Å²) in [6.07, 6.45) is 0.745. The van der Waals surface area contributed by atoms with E-state index in [1.807, 2.05) is 72.8 Å². The topological polar surface area (TPSA) is 104 Å². The third kappa shape index (κ3) is 6.60. The summed E-state index contributed by atoms with van der Waals surface area (Å²) in [5, 5.41) is 47.9. The second-order valence-electron chi connectivity index (χ2n) is 15.5. The highest BCUT2D eigenvalue weighted by Crippen LogP contribution is 2.36. The number of hydrogen-bond donors (Lipinski definition) is 0. The summed E-state index contributed by atoms with van der Waals surface area (Å²) in [5.41, 5.74) is 7.93. The van der Waals surface area contributed by atoms with Gasteiger partial charge in [-0.25, -0.2) is 9.69 Å². The summed E-state index contributed by atoms with van der Waals surface area (Å²) in [6, 6.07) is 69.8. The lowest BCUT2D eigenvalue weighted by molar-refractivity contribution is 1.27. The number of hydrogen-bond acceptors (Lipinski definition) is 4. The van der Waals surface area contributed by atoms with Crippen molar-refractivity contribution >= 4 is 69.0 Å². The molecule has 0 bridgehead atoms. The number of benzene rings is 8. The predicted molar refractivity (Wildman–Crippen MR) is 253 cm³/mol. The Labute approximate surface area is 368 Å². The van der Waals surface area contributed by atoms with Gasteiger partial charge < -0.3 is 0 Å². The molecule has 0 radical (unpaired) electrons. The van der Waals surface area contributed by atoms with Crippen LogP contribution in [0.1, 0.15) is 33.4 Å². The molecule has 0 aliphatic heterocycles. The molecule has 0 spiro atoms. The van der Waals surface area contributed by atoms with Gasteiger partial charge in [0.1, 0.15) is 0 Å². The normalized spacial score (nSPS) is 11.3. The standard InChI is InChI=1S/C55H32N6Si2/c1-60-44-13-27-50(28-14-44)63(49-23-9-41(37-59)10-24-49,51-29-15-45(61-2)16-30-51)53-26-12-43-31-42-11-25-52(32-54(42)55(43)33-53)62(46-17-3-38(34-56)4-18-46,47-19-5-39(35-57)6-20-47)48-21-7-40(36-58)8-22-48/h3-30,32-33H,31H2. The lowest BCUT2D eigenvalue weighted by Gasteiger charge is -2.35. The van der Waals surface area contributed by atoms with Crippen LogP contribution >= 0.6 is 0 Å². The van der Waals surface area contributed by atoms with E-state index in [2.05, 4.69) is 143 Å². The van der Waals surface area contributed by atoms with Crippen LogP contribution in [0.4, 0.5) is 11.4 Å². The lowest BCUT2D eigenvalue weighted by Crippen LogP contribution is -2.74. The molecular formula is C55H32N6Si2. The third-order valence-electron chi connectivity index (χ3n) is 12.4. The van der Waals surface area contributed by atoms with Crippen LogP contribution in [0.15, 0.2) is 182 Å². The van der Waals surface area contributed by atoms with Crippen LogP contribution in [0.3, 0.4) is 0 Å². The van der Waals surface area contributed by atoms with E-state index in [0.717, 1.165) is 59.0 Å². The van der Waals surface area contributed by atoms with Gasteiger partial charge in [0.25, 0.3) is 0 Å². The van der Waals surface area contributed by atoms with Crippen LogP contribution in [0.2, 0.25) is 0 Å². The number of nitrogens with zero attached hydrogens (tertiary/aromatic N) is 6. The molecule has 8 aromatic rings. The van der Waals surface area contributed by atoms with Gasteiger partial charge in [0.15, 0.2) is 27.5 Å². The summed E-state index contributed by atoms with van der Waals surface area (Å²) in [5.74, 6) is 0. The Morgan fingerprint density at radius 3 is 0.810 bits per heavy atom. The van der Waals surface area contributed by atoms with Gasteiger partial charge in [-0.3, -0.25) is 0 Å². The first-order valence-corrected chi connectivity index (χ1v) is 24.2. The number of nitriles is 4. The Morgan fingerprint density at radius 2 is 0.571 bits per heavy atom. The maximum absolute atomic E-state index is 9.83. The van der Waals surface area contributed by atoms with Gasteiger partial charge in [-0.05, 0) is 119 Å². The van der Waals surface area contributed by atoms with E-state index >= 15 is 0 Å². The molecule has 0 heterocycles. The van der Waals surface area contributed by atoms with Gasteiger partial charge in [-0.2, -0.15) is 21.0 Å². The Hall–Kier alpha value is -8.87. The van der Waals surface area contributed by atoms with Crippen LogP contribution < -0.4 is 41.5 Å². The number of fused-ring (bicyclic) bond motifs is 3. The van der Waals surface area contributed by atoms with Crippen molar-refractivity contribution in [1.29, 1.82) is 21.0 Å². The van der Waals surface area contributed by atoms with E-state index < -0.39 is 16.1 Å². The molecule has 8 heteroatoms. The molecule has 0 amide bonds. The van der Waals surface area contributed by atoms with E-state index in [9.17, 15) is 21.0 Å². The zero-order valence-corrected chi connectivity index (χ0v) is 35.7. The largest absolute Gasteiger partial charge is 0.238 e. The zero-order valence-electron chi connectivity index (χ0n) is 33.7. The molecule has 0 fully saturated rings. The van der Waals surface area contributed by atoms with Crippen molar-refractivity contribution < 1.29 is 0 Å². The van der Waals surface area contributed by atoms with E-state index in [4.69, 9.17) is 13.1 Å². The Balaban J connectivity index is 1.33. The summed E-state index contributed by atoms with van der Waals surface area (Å²) >= 11 is 0. The van der Waals surface area contributed by atoms with Gasteiger partial charge in [0.05, 0.1) is 59.7 Å². The molecule has 6 nitrogen and oxygen atoms in total. The maximum Gasteiger partial charge on any atom is 0.187 e. The average molecular weight is 833 g/mol. The van der Waals surface area contributed by atoms with Gasteiger partial charge in [0.2, 0.25) is 0 Å². The molecule has 0 unspecified atom stereocenters. The molecule has 1 aliphatic carbocycles. The predicted octanol–water partition coefficient (Wildman–Crippen LogP) is 6.60. The van der Waals surface area contributed by atoms with Crippen molar-refractivity contribution in [3.63, 3.8) is 0 Å². The monoisotopic (exact) mass is 832 g/mol. The second kappa shape index (κ2) is 16.3. The molecule has 0 saturated carbocycles. The third-order valence-corrected chi connectivity index (χ3v) is 22.0. The fraction of sp³-hybridized carbons (Fsp3) is 0.0182.